The zero-order chi connectivity index (χ0) is 26.5. The SMILES string of the molecule is C[C@]12Cc3cnn(-c4ccc(F)cc4)c3C=C1CCC1C2=CC[C@@H](C(F)(F)F)[C@@H]1CNCc1ccccc1. The van der Waals surface area contributed by atoms with Crippen LogP contribution in [0.4, 0.5) is 17.6 Å². The maximum absolute atomic E-state index is 14.2. The molecular weight excluding hydrogens is 490 g/mol. The Kier molecular flexibility index (Phi) is 6.29. The van der Waals surface area contributed by atoms with Gasteiger partial charge in [0.2, 0.25) is 0 Å². The van der Waals surface area contributed by atoms with E-state index in [4.69, 9.17) is 0 Å². The highest BCUT2D eigenvalue weighted by atomic mass is 19.4. The molecule has 38 heavy (non-hydrogen) atoms. The molecule has 0 bridgehead atoms. The Morgan fingerprint density at radius 2 is 1.84 bits per heavy atom. The lowest BCUT2D eigenvalue weighted by Gasteiger charge is -2.51. The Hall–Kier alpha value is -3.19. The first kappa shape index (κ1) is 25.1. The predicted octanol–water partition coefficient (Wildman–Crippen LogP) is 7.28. The van der Waals surface area contributed by atoms with Crippen LogP contribution < -0.4 is 5.32 Å². The molecule has 198 valence electrons. The van der Waals surface area contributed by atoms with Crippen LogP contribution in [0.5, 0.6) is 0 Å². The predicted molar refractivity (Wildman–Crippen MR) is 140 cm³/mol. The van der Waals surface area contributed by atoms with Crippen LogP contribution in [0, 0.1) is 29.0 Å². The summed E-state index contributed by atoms with van der Waals surface area (Å²) in [6.07, 6.45) is 3.89. The number of benzene rings is 2. The van der Waals surface area contributed by atoms with Crippen molar-refractivity contribution in [3.05, 3.63) is 101 Å². The van der Waals surface area contributed by atoms with Crippen LogP contribution in [-0.4, -0.2) is 22.5 Å². The Morgan fingerprint density at radius 1 is 1.08 bits per heavy atom. The minimum absolute atomic E-state index is 0.0254. The van der Waals surface area contributed by atoms with E-state index in [2.05, 4.69) is 23.4 Å². The number of hydrogen-bond acceptors (Lipinski definition) is 2. The van der Waals surface area contributed by atoms with Crippen molar-refractivity contribution < 1.29 is 17.6 Å². The summed E-state index contributed by atoms with van der Waals surface area (Å²) in [5.41, 5.74) is 5.99. The van der Waals surface area contributed by atoms with Crippen LogP contribution in [0.15, 0.2) is 78.0 Å². The van der Waals surface area contributed by atoms with Crippen LogP contribution in [0.2, 0.25) is 0 Å². The Morgan fingerprint density at radius 3 is 2.58 bits per heavy atom. The molecule has 1 aromatic heterocycles. The molecule has 0 aliphatic heterocycles. The molecule has 1 N–H and O–H groups in total. The van der Waals surface area contributed by atoms with E-state index in [-0.39, 0.29) is 23.6 Å². The number of aromatic nitrogens is 2. The van der Waals surface area contributed by atoms with E-state index in [1.54, 1.807) is 12.1 Å². The summed E-state index contributed by atoms with van der Waals surface area (Å²) in [4.78, 5) is 0. The highest BCUT2D eigenvalue weighted by Crippen LogP contribution is 2.58. The van der Waals surface area contributed by atoms with Gasteiger partial charge in [-0.25, -0.2) is 9.07 Å². The number of allylic oxidation sites excluding steroid dienone is 3. The van der Waals surface area contributed by atoms with Gasteiger partial charge < -0.3 is 5.32 Å². The molecule has 4 atom stereocenters. The van der Waals surface area contributed by atoms with Crippen molar-refractivity contribution in [1.29, 1.82) is 0 Å². The number of alkyl halides is 3. The second-order valence-electron chi connectivity index (χ2n) is 11.1. The minimum Gasteiger partial charge on any atom is -0.312 e. The van der Waals surface area contributed by atoms with Gasteiger partial charge in [0, 0.05) is 12.0 Å². The largest absolute Gasteiger partial charge is 0.392 e. The molecule has 6 rings (SSSR count). The normalized spacial score (nSPS) is 26.6. The van der Waals surface area contributed by atoms with Crippen molar-refractivity contribution in [3.63, 3.8) is 0 Å². The third-order valence-electron chi connectivity index (χ3n) is 8.88. The molecule has 1 saturated carbocycles. The van der Waals surface area contributed by atoms with Crippen molar-refractivity contribution in [1.82, 2.24) is 15.1 Å². The zero-order valence-corrected chi connectivity index (χ0v) is 21.3. The van der Waals surface area contributed by atoms with Crippen molar-refractivity contribution in [3.8, 4) is 5.69 Å². The first-order chi connectivity index (χ1) is 18.2. The smallest absolute Gasteiger partial charge is 0.312 e. The number of fused-ring (bicyclic) bond motifs is 4. The molecule has 0 spiro atoms. The van der Waals surface area contributed by atoms with Gasteiger partial charge in [0.1, 0.15) is 5.82 Å². The Labute approximate surface area is 220 Å². The van der Waals surface area contributed by atoms with Crippen molar-refractivity contribution in [2.75, 3.05) is 6.54 Å². The fourth-order valence-electron chi connectivity index (χ4n) is 6.97. The standard InChI is InChI=1S/C31H31F4N3/c1-30-16-21-18-37-38(24-10-8-23(32)9-11-24)29(21)15-22(30)7-12-25-26(19-36-17-20-5-3-2-4-6-20)28(31(33,34)35)14-13-27(25)30/h2-6,8-11,13,15,18,25-26,28,36H,7,12,14,16-17,19H2,1H3/t25?,26-,28-,30+/m1/s1. The van der Waals surface area contributed by atoms with Gasteiger partial charge in [-0.2, -0.15) is 18.3 Å². The van der Waals surface area contributed by atoms with Gasteiger partial charge in [-0.15, -0.1) is 0 Å². The molecular formula is C31H31F4N3. The van der Waals surface area contributed by atoms with Crippen LogP contribution in [0.1, 0.15) is 43.0 Å². The third-order valence-corrected chi connectivity index (χ3v) is 8.88. The van der Waals surface area contributed by atoms with Gasteiger partial charge in [0.15, 0.2) is 0 Å². The highest BCUT2D eigenvalue weighted by Gasteiger charge is 2.54. The summed E-state index contributed by atoms with van der Waals surface area (Å²) in [6, 6.07) is 16.1. The van der Waals surface area contributed by atoms with E-state index in [0.29, 0.717) is 25.9 Å². The summed E-state index contributed by atoms with van der Waals surface area (Å²) in [7, 11) is 0. The molecule has 7 heteroatoms. The average Bonchev–Trinajstić information content (AvgIpc) is 3.29. The summed E-state index contributed by atoms with van der Waals surface area (Å²) in [6.45, 7) is 3.09. The van der Waals surface area contributed by atoms with E-state index in [1.165, 1.54) is 17.7 Å². The van der Waals surface area contributed by atoms with Gasteiger partial charge in [-0.05, 0) is 85.5 Å². The van der Waals surface area contributed by atoms with Crippen LogP contribution in [0.25, 0.3) is 11.8 Å². The summed E-state index contributed by atoms with van der Waals surface area (Å²) in [5.74, 6) is -2.25. The lowest BCUT2D eigenvalue weighted by atomic mass is 9.54. The minimum atomic E-state index is -4.23. The maximum Gasteiger partial charge on any atom is 0.392 e. The second kappa shape index (κ2) is 9.53. The fourth-order valence-corrected chi connectivity index (χ4v) is 6.97. The number of halogens is 4. The number of rotatable bonds is 5. The lowest BCUT2D eigenvalue weighted by Crippen LogP contribution is -2.48. The summed E-state index contributed by atoms with van der Waals surface area (Å²) < 4.78 is 57.9. The zero-order valence-electron chi connectivity index (χ0n) is 21.3. The molecule has 1 unspecified atom stereocenters. The molecule has 0 radical (unpaired) electrons. The van der Waals surface area contributed by atoms with Gasteiger partial charge in [0.25, 0.3) is 0 Å². The fraction of sp³-hybridized carbons (Fsp3) is 0.387. The van der Waals surface area contributed by atoms with E-state index in [9.17, 15) is 17.6 Å². The molecule has 3 aliphatic rings. The molecule has 0 saturated heterocycles. The quantitative estimate of drug-likeness (QED) is 0.282. The van der Waals surface area contributed by atoms with Crippen molar-refractivity contribution >= 4 is 6.08 Å². The molecule has 3 aromatic rings. The molecule has 2 aromatic carbocycles. The van der Waals surface area contributed by atoms with Gasteiger partial charge >= 0.3 is 6.18 Å². The second-order valence-corrected chi connectivity index (χ2v) is 11.1. The van der Waals surface area contributed by atoms with Gasteiger partial charge in [-0.1, -0.05) is 54.5 Å². The van der Waals surface area contributed by atoms with E-state index < -0.39 is 18.0 Å². The number of nitrogens with zero attached hydrogens (tertiary/aromatic N) is 2. The van der Waals surface area contributed by atoms with Crippen LogP contribution in [-0.2, 0) is 13.0 Å². The topological polar surface area (TPSA) is 29.9 Å². The maximum atomic E-state index is 14.2. The Bertz CT molecular complexity index is 1370. The van der Waals surface area contributed by atoms with E-state index >= 15 is 0 Å². The number of nitrogens with one attached hydrogen (secondary N) is 1. The monoisotopic (exact) mass is 521 g/mol. The van der Waals surface area contributed by atoms with Crippen LogP contribution >= 0.6 is 0 Å². The van der Waals surface area contributed by atoms with Gasteiger partial charge in [-0.3, -0.25) is 0 Å². The van der Waals surface area contributed by atoms with E-state index in [0.717, 1.165) is 34.5 Å². The Balaban J connectivity index is 1.29. The third kappa shape index (κ3) is 4.41. The van der Waals surface area contributed by atoms with Crippen LogP contribution in [0.3, 0.4) is 0 Å². The van der Waals surface area contributed by atoms with Crippen molar-refractivity contribution in [2.45, 2.75) is 45.3 Å². The summed E-state index contributed by atoms with van der Waals surface area (Å²) >= 11 is 0. The molecule has 0 amide bonds. The first-order valence-corrected chi connectivity index (χ1v) is 13.3. The highest BCUT2D eigenvalue weighted by molar-refractivity contribution is 5.63. The van der Waals surface area contributed by atoms with E-state index in [1.807, 2.05) is 47.3 Å². The van der Waals surface area contributed by atoms with Crippen molar-refractivity contribution in [2.24, 2.45) is 23.2 Å². The molecule has 3 nitrogen and oxygen atoms in total. The first-order valence-electron chi connectivity index (χ1n) is 13.3. The average molecular weight is 522 g/mol. The van der Waals surface area contributed by atoms with Gasteiger partial charge in [0.05, 0.1) is 23.5 Å². The molecule has 3 aliphatic carbocycles. The molecule has 1 fully saturated rings. The number of hydrogen-bond donors (Lipinski definition) is 1. The molecule has 1 heterocycles. The summed E-state index contributed by atoms with van der Waals surface area (Å²) in [5, 5.41) is 7.94. The lowest BCUT2D eigenvalue weighted by molar-refractivity contribution is -0.194.